The number of carbonyl (C=O) groups excluding carboxylic acids is 1. The molecule has 0 spiro atoms. The third-order valence-corrected chi connectivity index (χ3v) is 0.857. The Morgan fingerprint density at radius 2 is 2.40 bits per heavy atom. The van der Waals surface area contributed by atoms with Crippen LogP contribution < -0.4 is 0 Å². The molecule has 0 fully saturated rings. The average molecular weight is 144 g/mol. The Labute approximate surface area is 60.3 Å². The number of aliphatic hydroxyl groups is 1. The highest BCUT2D eigenvalue weighted by Gasteiger charge is 2.07. The summed E-state index contributed by atoms with van der Waals surface area (Å²) >= 11 is 0. The average Bonchev–Trinajstić information content (AvgIpc) is 1.88. The van der Waals surface area contributed by atoms with Gasteiger partial charge in [0.15, 0.2) is 0 Å². The van der Waals surface area contributed by atoms with Crippen molar-refractivity contribution >= 4 is 5.97 Å². The molecule has 0 bridgehead atoms. The van der Waals surface area contributed by atoms with Gasteiger partial charge in [0.1, 0.15) is 6.10 Å². The van der Waals surface area contributed by atoms with Crippen LogP contribution in [0.25, 0.3) is 0 Å². The zero-order valence-corrected chi connectivity index (χ0v) is 6.20. The number of carbonyl (C=O) groups is 1. The second-order valence-electron chi connectivity index (χ2n) is 1.89. The Balaban J connectivity index is 3.49. The van der Waals surface area contributed by atoms with Gasteiger partial charge in [-0.25, -0.2) is 4.79 Å². The predicted octanol–water partition coefficient (Wildman–Crippen LogP) is 0.834. The number of rotatable bonds is 3. The Morgan fingerprint density at radius 1 is 1.80 bits per heavy atom. The van der Waals surface area contributed by atoms with Gasteiger partial charge in [0.25, 0.3) is 0 Å². The van der Waals surface area contributed by atoms with Gasteiger partial charge in [-0.05, 0) is 19.4 Å². The molecule has 0 radical (unpaired) electrons. The minimum atomic E-state index is -1.04. The van der Waals surface area contributed by atoms with Crippen LogP contribution in [-0.2, 0) is 9.53 Å². The molecule has 0 aromatic heterocycles. The van der Waals surface area contributed by atoms with Crippen molar-refractivity contribution in [3.63, 3.8) is 0 Å². The standard InChI is InChI=1S/C7H12O3/c1-3-4-5-10-7(9)6(2)8/h4-6,8H,3H2,1-2H3. The van der Waals surface area contributed by atoms with E-state index in [1.807, 2.05) is 6.92 Å². The van der Waals surface area contributed by atoms with E-state index in [-0.39, 0.29) is 0 Å². The first-order chi connectivity index (χ1) is 4.68. The van der Waals surface area contributed by atoms with Gasteiger partial charge in [-0.3, -0.25) is 0 Å². The highest BCUT2D eigenvalue weighted by Crippen LogP contribution is 1.88. The first kappa shape index (κ1) is 9.17. The molecule has 3 heteroatoms. The third kappa shape index (κ3) is 4.09. The van der Waals surface area contributed by atoms with Crippen LogP contribution in [0.2, 0.25) is 0 Å². The minimum Gasteiger partial charge on any atom is -0.433 e. The van der Waals surface area contributed by atoms with Crippen molar-refractivity contribution in [3.8, 4) is 0 Å². The Bertz CT molecular complexity index is 127. The fourth-order valence-corrected chi connectivity index (χ4v) is 0.310. The summed E-state index contributed by atoms with van der Waals surface area (Å²) in [6.45, 7) is 3.29. The van der Waals surface area contributed by atoms with E-state index in [4.69, 9.17) is 5.11 Å². The predicted molar refractivity (Wildman–Crippen MR) is 37.2 cm³/mol. The number of ether oxygens (including phenoxy) is 1. The lowest BCUT2D eigenvalue weighted by molar-refractivity contribution is -0.146. The summed E-state index contributed by atoms with van der Waals surface area (Å²) in [5.74, 6) is -0.621. The largest absolute Gasteiger partial charge is 0.433 e. The molecule has 10 heavy (non-hydrogen) atoms. The maximum absolute atomic E-state index is 10.5. The van der Waals surface area contributed by atoms with Crippen LogP contribution in [0.3, 0.4) is 0 Å². The summed E-state index contributed by atoms with van der Waals surface area (Å²) in [6, 6.07) is 0. The molecule has 58 valence electrons. The molecule has 0 saturated heterocycles. The van der Waals surface area contributed by atoms with Crippen LogP contribution in [0.15, 0.2) is 12.3 Å². The van der Waals surface area contributed by atoms with Crippen LogP contribution in [-0.4, -0.2) is 17.2 Å². The van der Waals surface area contributed by atoms with Crippen LogP contribution in [0.1, 0.15) is 20.3 Å². The van der Waals surface area contributed by atoms with E-state index >= 15 is 0 Å². The van der Waals surface area contributed by atoms with Crippen LogP contribution in [0.4, 0.5) is 0 Å². The molecule has 0 aliphatic heterocycles. The summed E-state index contributed by atoms with van der Waals surface area (Å²) < 4.78 is 4.47. The molecule has 3 nitrogen and oxygen atoms in total. The molecule has 0 aliphatic carbocycles. The molecular formula is C7H12O3. The summed E-state index contributed by atoms with van der Waals surface area (Å²) in [5.41, 5.74) is 0. The molecule has 0 rings (SSSR count). The van der Waals surface area contributed by atoms with Gasteiger partial charge in [0.05, 0.1) is 6.26 Å². The van der Waals surface area contributed by atoms with Gasteiger partial charge in [-0.2, -0.15) is 0 Å². The van der Waals surface area contributed by atoms with E-state index in [0.29, 0.717) is 0 Å². The van der Waals surface area contributed by atoms with Crippen molar-refractivity contribution in [2.75, 3.05) is 0 Å². The third-order valence-electron chi connectivity index (χ3n) is 0.857. The highest BCUT2D eigenvalue weighted by atomic mass is 16.5. The maximum Gasteiger partial charge on any atom is 0.339 e. The molecule has 0 saturated carbocycles. The summed E-state index contributed by atoms with van der Waals surface area (Å²) in [5, 5.41) is 8.61. The van der Waals surface area contributed by atoms with Gasteiger partial charge in [-0.1, -0.05) is 6.92 Å². The zero-order chi connectivity index (χ0) is 7.98. The highest BCUT2D eigenvalue weighted by molar-refractivity contribution is 5.74. The van der Waals surface area contributed by atoms with Crippen molar-refractivity contribution in [2.24, 2.45) is 0 Å². The quantitative estimate of drug-likeness (QED) is 0.471. The lowest BCUT2D eigenvalue weighted by Gasteiger charge is -1.99. The van der Waals surface area contributed by atoms with Gasteiger partial charge in [0, 0.05) is 0 Å². The first-order valence-corrected chi connectivity index (χ1v) is 3.22. The number of hydrogen-bond acceptors (Lipinski definition) is 3. The fraction of sp³-hybridized carbons (Fsp3) is 0.571. The Morgan fingerprint density at radius 3 is 2.80 bits per heavy atom. The van der Waals surface area contributed by atoms with E-state index in [9.17, 15) is 4.79 Å². The van der Waals surface area contributed by atoms with Crippen molar-refractivity contribution < 1.29 is 14.6 Å². The summed E-state index contributed by atoms with van der Waals surface area (Å²) in [6.07, 6.45) is 2.75. The normalized spacial score (nSPS) is 13.5. The van der Waals surface area contributed by atoms with Crippen LogP contribution in [0, 0.1) is 0 Å². The fourth-order valence-electron chi connectivity index (χ4n) is 0.310. The second kappa shape index (κ2) is 4.99. The molecule has 0 heterocycles. The molecule has 0 amide bonds. The molecule has 0 aliphatic rings. The lowest BCUT2D eigenvalue weighted by atomic mass is 10.4. The number of allylic oxidation sites excluding steroid dienone is 1. The van der Waals surface area contributed by atoms with Crippen LogP contribution >= 0.6 is 0 Å². The lowest BCUT2D eigenvalue weighted by Crippen LogP contribution is -2.16. The molecule has 1 unspecified atom stereocenters. The van der Waals surface area contributed by atoms with E-state index in [2.05, 4.69) is 4.74 Å². The summed E-state index contributed by atoms with van der Waals surface area (Å²) in [7, 11) is 0. The molecule has 0 aromatic rings. The van der Waals surface area contributed by atoms with Gasteiger partial charge < -0.3 is 9.84 Å². The first-order valence-electron chi connectivity index (χ1n) is 3.22. The van der Waals surface area contributed by atoms with Crippen LogP contribution in [0.5, 0.6) is 0 Å². The minimum absolute atomic E-state index is 0.621. The SMILES string of the molecule is CCC=COC(=O)C(C)O. The topological polar surface area (TPSA) is 46.5 Å². The molecular weight excluding hydrogens is 132 g/mol. The second-order valence-corrected chi connectivity index (χ2v) is 1.89. The monoisotopic (exact) mass is 144 g/mol. The van der Waals surface area contributed by atoms with Crippen molar-refractivity contribution in [2.45, 2.75) is 26.4 Å². The van der Waals surface area contributed by atoms with Gasteiger partial charge in [-0.15, -0.1) is 0 Å². The smallest absolute Gasteiger partial charge is 0.339 e. The molecule has 1 atom stereocenters. The maximum atomic E-state index is 10.5. The van der Waals surface area contributed by atoms with E-state index in [1.165, 1.54) is 13.2 Å². The van der Waals surface area contributed by atoms with Crippen molar-refractivity contribution in [1.82, 2.24) is 0 Å². The van der Waals surface area contributed by atoms with E-state index in [0.717, 1.165) is 6.42 Å². The van der Waals surface area contributed by atoms with E-state index in [1.54, 1.807) is 6.08 Å². The zero-order valence-electron chi connectivity index (χ0n) is 6.20. The number of esters is 1. The number of hydrogen-bond donors (Lipinski definition) is 1. The Hall–Kier alpha value is -0.830. The van der Waals surface area contributed by atoms with Gasteiger partial charge in [0.2, 0.25) is 0 Å². The van der Waals surface area contributed by atoms with Gasteiger partial charge >= 0.3 is 5.97 Å². The number of aliphatic hydroxyl groups excluding tert-OH is 1. The van der Waals surface area contributed by atoms with Crippen molar-refractivity contribution in [3.05, 3.63) is 12.3 Å². The Kier molecular flexibility index (Phi) is 4.58. The summed E-state index contributed by atoms with van der Waals surface area (Å²) in [4.78, 5) is 10.5. The molecule has 0 aromatic carbocycles. The van der Waals surface area contributed by atoms with E-state index < -0.39 is 12.1 Å². The van der Waals surface area contributed by atoms with Crippen molar-refractivity contribution in [1.29, 1.82) is 0 Å². The molecule has 1 N–H and O–H groups in total.